The van der Waals surface area contributed by atoms with E-state index in [1.54, 1.807) is 0 Å². The predicted octanol–water partition coefficient (Wildman–Crippen LogP) is 4.36. The van der Waals surface area contributed by atoms with Crippen molar-refractivity contribution < 1.29 is 4.79 Å². The zero-order valence-corrected chi connectivity index (χ0v) is 11.9. The van der Waals surface area contributed by atoms with Gasteiger partial charge in [0.1, 0.15) is 0 Å². The maximum absolute atomic E-state index is 12.0. The SMILES string of the molecule is Cc1cc(C(=O)Nc2ccc(CCl)cc2)sc1C. The van der Waals surface area contributed by atoms with Crippen LogP contribution < -0.4 is 5.32 Å². The lowest BCUT2D eigenvalue weighted by Crippen LogP contribution is -2.09. The molecular weight excluding hydrogens is 266 g/mol. The van der Waals surface area contributed by atoms with Crippen molar-refractivity contribution in [2.75, 3.05) is 5.32 Å². The number of hydrogen-bond donors (Lipinski definition) is 1. The third kappa shape index (κ3) is 2.92. The Morgan fingerprint density at radius 3 is 2.44 bits per heavy atom. The van der Waals surface area contributed by atoms with Crippen LogP contribution in [0.3, 0.4) is 0 Å². The molecule has 94 valence electrons. The first-order valence-corrected chi connectivity index (χ1v) is 6.98. The average molecular weight is 280 g/mol. The summed E-state index contributed by atoms with van der Waals surface area (Å²) in [5.74, 6) is 0.423. The Bertz CT molecular complexity index is 540. The second kappa shape index (κ2) is 5.55. The molecule has 1 N–H and O–H groups in total. The second-order valence-corrected chi connectivity index (χ2v) is 5.66. The molecule has 0 radical (unpaired) electrons. The van der Waals surface area contributed by atoms with Crippen molar-refractivity contribution in [1.82, 2.24) is 0 Å². The minimum absolute atomic E-state index is 0.0603. The number of nitrogens with one attached hydrogen (secondary N) is 1. The van der Waals surface area contributed by atoms with Crippen LogP contribution in [0.1, 0.15) is 25.7 Å². The van der Waals surface area contributed by atoms with Crippen LogP contribution in [-0.4, -0.2) is 5.91 Å². The van der Waals surface area contributed by atoms with E-state index in [-0.39, 0.29) is 5.91 Å². The minimum Gasteiger partial charge on any atom is -0.321 e. The molecule has 2 aromatic rings. The van der Waals surface area contributed by atoms with Gasteiger partial charge in [-0.3, -0.25) is 4.79 Å². The molecule has 0 aliphatic heterocycles. The summed E-state index contributed by atoms with van der Waals surface area (Å²) in [7, 11) is 0. The summed E-state index contributed by atoms with van der Waals surface area (Å²) in [4.78, 5) is 13.9. The summed E-state index contributed by atoms with van der Waals surface area (Å²) in [6, 6.07) is 9.47. The van der Waals surface area contributed by atoms with Crippen LogP contribution in [0.4, 0.5) is 5.69 Å². The van der Waals surface area contributed by atoms with Gasteiger partial charge in [0.05, 0.1) is 4.88 Å². The first kappa shape index (κ1) is 13.1. The Labute approximate surface area is 116 Å². The predicted molar refractivity (Wildman–Crippen MR) is 77.7 cm³/mol. The summed E-state index contributed by atoms with van der Waals surface area (Å²) in [5.41, 5.74) is 2.98. The highest BCUT2D eigenvalue weighted by molar-refractivity contribution is 7.14. The molecular formula is C14H14ClNOS. The topological polar surface area (TPSA) is 29.1 Å². The lowest BCUT2D eigenvalue weighted by Gasteiger charge is -2.04. The van der Waals surface area contributed by atoms with Gasteiger partial charge < -0.3 is 5.32 Å². The fraction of sp³-hybridized carbons (Fsp3) is 0.214. The molecule has 0 aliphatic carbocycles. The van der Waals surface area contributed by atoms with Crippen LogP contribution in [0.5, 0.6) is 0 Å². The van der Waals surface area contributed by atoms with Crippen LogP contribution in [0.15, 0.2) is 30.3 Å². The molecule has 2 rings (SSSR count). The van der Waals surface area contributed by atoms with Crippen molar-refractivity contribution in [2.24, 2.45) is 0 Å². The van der Waals surface area contributed by atoms with Gasteiger partial charge in [-0.05, 0) is 43.2 Å². The van der Waals surface area contributed by atoms with Gasteiger partial charge in [0.25, 0.3) is 5.91 Å². The maximum atomic E-state index is 12.0. The molecule has 4 heteroatoms. The summed E-state index contributed by atoms with van der Waals surface area (Å²) in [6.07, 6.45) is 0. The van der Waals surface area contributed by atoms with E-state index in [0.717, 1.165) is 21.7 Å². The van der Waals surface area contributed by atoms with Gasteiger partial charge >= 0.3 is 0 Å². The number of anilines is 1. The molecule has 0 aliphatic rings. The van der Waals surface area contributed by atoms with E-state index in [2.05, 4.69) is 5.32 Å². The number of thiophene rings is 1. The van der Waals surface area contributed by atoms with Gasteiger partial charge in [0.2, 0.25) is 0 Å². The molecule has 0 unspecified atom stereocenters. The molecule has 0 spiro atoms. The quantitative estimate of drug-likeness (QED) is 0.831. The van der Waals surface area contributed by atoms with Crippen molar-refractivity contribution in [3.8, 4) is 0 Å². The number of benzene rings is 1. The Morgan fingerprint density at radius 2 is 1.94 bits per heavy atom. The van der Waals surface area contributed by atoms with Crippen LogP contribution in [-0.2, 0) is 5.88 Å². The van der Waals surface area contributed by atoms with Gasteiger partial charge in [-0.15, -0.1) is 22.9 Å². The van der Waals surface area contributed by atoms with Gasteiger partial charge in [-0.25, -0.2) is 0 Å². The van der Waals surface area contributed by atoms with Gasteiger partial charge in [-0.1, -0.05) is 12.1 Å². The van der Waals surface area contributed by atoms with Crippen molar-refractivity contribution in [3.63, 3.8) is 0 Å². The molecule has 2 nitrogen and oxygen atoms in total. The van der Waals surface area contributed by atoms with E-state index < -0.39 is 0 Å². The minimum atomic E-state index is -0.0603. The molecule has 0 saturated carbocycles. The first-order valence-electron chi connectivity index (χ1n) is 5.63. The number of hydrogen-bond acceptors (Lipinski definition) is 2. The highest BCUT2D eigenvalue weighted by Gasteiger charge is 2.10. The van der Waals surface area contributed by atoms with E-state index in [4.69, 9.17) is 11.6 Å². The van der Waals surface area contributed by atoms with E-state index in [9.17, 15) is 4.79 Å². The van der Waals surface area contributed by atoms with Crippen LogP contribution in [0.2, 0.25) is 0 Å². The first-order chi connectivity index (χ1) is 8.60. The number of carbonyl (C=O) groups excluding carboxylic acids is 1. The number of rotatable bonds is 3. The van der Waals surface area contributed by atoms with Crippen molar-refractivity contribution >= 4 is 34.5 Å². The Balaban J connectivity index is 2.10. The van der Waals surface area contributed by atoms with E-state index in [1.165, 1.54) is 16.2 Å². The fourth-order valence-corrected chi connectivity index (χ4v) is 2.66. The van der Waals surface area contributed by atoms with Crippen LogP contribution >= 0.6 is 22.9 Å². The number of alkyl halides is 1. The smallest absolute Gasteiger partial charge is 0.265 e. The van der Waals surface area contributed by atoms with Crippen molar-refractivity contribution in [1.29, 1.82) is 0 Å². The van der Waals surface area contributed by atoms with Crippen molar-refractivity contribution in [3.05, 3.63) is 51.2 Å². The van der Waals surface area contributed by atoms with Gasteiger partial charge in [-0.2, -0.15) is 0 Å². The molecule has 1 aromatic heterocycles. The zero-order valence-electron chi connectivity index (χ0n) is 10.3. The Kier molecular flexibility index (Phi) is 4.04. The molecule has 0 bridgehead atoms. The number of amides is 1. The lowest BCUT2D eigenvalue weighted by atomic mass is 10.2. The molecule has 1 amide bonds. The summed E-state index contributed by atoms with van der Waals surface area (Å²) in [5, 5.41) is 2.88. The molecule has 0 atom stereocenters. The zero-order chi connectivity index (χ0) is 13.1. The molecule has 0 fully saturated rings. The highest BCUT2D eigenvalue weighted by Crippen LogP contribution is 2.22. The summed E-state index contributed by atoms with van der Waals surface area (Å²) in [6.45, 7) is 4.03. The third-order valence-corrected chi connectivity index (χ3v) is 4.22. The summed E-state index contributed by atoms with van der Waals surface area (Å²) < 4.78 is 0. The summed E-state index contributed by atoms with van der Waals surface area (Å²) >= 11 is 7.23. The van der Waals surface area contributed by atoms with Crippen LogP contribution in [0, 0.1) is 13.8 Å². The standard InChI is InChI=1S/C14H14ClNOS/c1-9-7-13(18-10(9)2)14(17)16-12-5-3-11(8-15)4-6-12/h3-7H,8H2,1-2H3,(H,16,17). The van der Waals surface area contributed by atoms with E-state index in [0.29, 0.717) is 5.88 Å². The molecule has 0 saturated heterocycles. The number of halogens is 1. The normalized spacial score (nSPS) is 10.4. The monoisotopic (exact) mass is 279 g/mol. The number of carbonyl (C=O) groups is 1. The highest BCUT2D eigenvalue weighted by atomic mass is 35.5. The van der Waals surface area contributed by atoms with Crippen molar-refractivity contribution in [2.45, 2.75) is 19.7 Å². The Hall–Kier alpha value is -1.32. The largest absolute Gasteiger partial charge is 0.321 e. The van der Waals surface area contributed by atoms with Gasteiger partial charge in [0, 0.05) is 16.4 Å². The fourth-order valence-electron chi connectivity index (χ4n) is 1.55. The number of aryl methyl sites for hydroxylation is 2. The van der Waals surface area contributed by atoms with Crippen LogP contribution in [0.25, 0.3) is 0 Å². The third-order valence-electron chi connectivity index (χ3n) is 2.76. The maximum Gasteiger partial charge on any atom is 0.265 e. The lowest BCUT2D eigenvalue weighted by molar-refractivity contribution is 0.103. The van der Waals surface area contributed by atoms with E-state index >= 15 is 0 Å². The average Bonchev–Trinajstić information content (AvgIpc) is 2.71. The molecule has 18 heavy (non-hydrogen) atoms. The van der Waals surface area contributed by atoms with E-state index in [1.807, 2.05) is 44.2 Å². The molecule has 1 heterocycles. The van der Waals surface area contributed by atoms with Gasteiger partial charge in [0.15, 0.2) is 0 Å². The Morgan fingerprint density at radius 1 is 1.28 bits per heavy atom. The second-order valence-electron chi connectivity index (χ2n) is 4.13. The molecule has 1 aromatic carbocycles.